The lowest BCUT2D eigenvalue weighted by atomic mass is 9.95. The second kappa shape index (κ2) is 12.1. The highest BCUT2D eigenvalue weighted by molar-refractivity contribution is 5.97. The van der Waals surface area contributed by atoms with E-state index in [9.17, 15) is 9.59 Å². The highest BCUT2D eigenvalue weighted by atomic mass is 16.5. The summed E-state index contributed by atoms with van der Waals surface area (Å²) in [6, 6.07) is 29.4. The van der Waals surface area contributed by atoms with Crippen molar-refractivity contribution in [3.05, 3.63) is 102 Å². The number of piperazine rings is 1. The van der Waals surface area contributed by atoms with Gasteiger partial charge in [-0.3, -0.25) is 9.59 Å². The number of benzene rings is 4. The van der Waals surface area contributed by atoms with Gasteiger partial charge in [0, 0.05) is 13.0 Å². The van der Waals surface area contributed by atoms with E-state index in [1.807, 2.05) is 54.6 Å². The lowest BCUT2D eigenvalue weighted by Crippen LogP contribution is -2.63. The number of carbonyl (C=O) groups excluding carboxylic acids is 2. The van der Waals surface area contributed by atoms with Crippen LogP contribution in [0.3, 0.4) is 0 Å². The SMILES string of the molecule is COc1ccc(-c2ccc(CN3C(=O)C(Cc4ccc5ccccc5c4)NC(=O)C3CCCCN)cc2)cc1. The van der Waals surface area contributed by atoms with Crippen molar-refractivity contribution in [3.63, 3.8) is 0 Å². The Labute approximate surface area is 229 Å². The van der Waals surface area contributed by atoms with Crippen LogP contribution in [0.1, 0.15) is 30.4 Å². The van der Waals surface area contributed by atoms with Crippen LogP contribution >= 0.6 is 0 Å². The summed E-state index contributed by atoms with van der Waals surface area (Å²) in [6.07, 6.45) is 2.67. The molecule has 1 fully saturated rings. The monoisotopic (exact) mass is 521 g/mol. The van der Waals surface area contributed by atoms with Gasteiger partial charge in [0.1, 0.15) is 17.8 Å². The Kier molecular flexibility index (Phi) is 8.23. The predicted octanol–water partition coefficient (Wildman–Crippen LogP) is 5.08. The minimum atomic E-state index is -0.594. The van der Waals surface area contributed by atoms with Gasteiger partial charge in [-0.2, -0.15) is 0 Å². The predicted molar refractivity (Wildman–Crippen MR) is 155 cm³/mol. The first-order chi connectivity index (χ1) is 19.1. The summed E-state index contributed by atoms with van der Waals surface area (Å²) in [5, 5.41) is 5.30. The molecule has 4 aromatic carbocycles. The first-order valence-electron chi connectivity index (χ1n) is 13.6. The van der Waals surface area contributed by atoms with Gasteiger partial charge in [0.05, 0.1) is 7.11 Å². The number of methoxy groups -OCH3 is 1. The summed E-state index contributed by atoms with van der Waals surface area (Å²) in [5.74, 6) is 0.684. The molecule has 1 aliphatic heterocycles. The summed E-state index contributed by atoms with van der Waals surface area (Å²) in [6.45, 7) is 0.955. The van der Waals surface area contributed by atoms with Crippen molar-refractivity contribution in [3.8, 4) is 16.9 Å². The van der Waals surface area contributed by atoms with Crippen molar-refractivity contribution in [1.29, 1.82) is 0 Å². The zero-order valence-electron chi connectivity index (χ0n) is 22.3. The molecule has 0 bridgehead atoms. The molecule has 0 saturated carbocycles. The third kappa shape index (κ3) is 6.13. The number of unbranched alkanes of at least 4 members (excludes halogenated alkanes) is 1. The molecule has 4 aromatic rings. The molecular weight excluding hydrogens is 486 g/mol. The van der Waals surface area contributed by atoms with Crippen LogP contribution in [0.4, 0.5) is 0 Å². The summed E-state index contributed by atoms with van der Waals surface area (Å²) in [5.41, 5.74) is 9.89. The summed E-state index contributed by atoms with van der Waals surface area (Å²) < 4.78 is 5.26. The molecular formula is C33H35N3O3. The maximum atomic E-state index is 13.8. The number of nitrogens with one attached hydrogen (secondary N) is 1. The Morgan fingerprint density at radius 1 is 0.821 bits per heavy atom. The third-order valence-corrected chi connectivity index (χ3v) is 7.49. The molecule has 2 unspecified atom stereocenters. The number of ether oxygens (including phenoxy) is 1. The van der Waals surface area contributed by atoms with Crippen molar-refractivity contribution >= 4 is 22.6 Å². The number of hydrogen-bond donors (Lipinski definition) is 2. The fourth-order valence-corrected chi connectivity index (χ4v) is 5.30. The fraction of sp³-hybridized carbons (Fsp3) is 0.273. The Hall–Kier alpha value is -4.16. The van der Waals surface area contributed by atoms with Crippen LogP contribution in [0.5, 0.6) is 5.75 Å². The van der Waals surface area contributed by atoms with Crippen molar-refractivity contribution in [2.24, 2.45) is 5.73 Å². The van der Waals surface area contributed by atoms with Crippen molar-refractivity contribution < 1.29 is 14.3 Å². The molecule has 1 saturated heterocycles. The van der Waals surface area contributed by atoms with Crippen LogP contribution in [-0.4, -0.2) is 42.5 Å². The number of hydrogen-bond acceptors (Lipinski definition) is 4. The Morgan fingerprint density at radius 3 is 2.18 bits per heavy atom. The van der Waals surface area contributed by atoms with E-state index in [1.165, 1.54) is 0 Å². The summed E-state index contributed by atoms with van der Waals surface area (Å²) >= 11 is 0. The Morgan fingerprint density at radius 2 is 1.49 bits per heavy atom. The third-order valence-electron chi connectivity index (χ3n) is 7.49. The molecule has 5 rings (SSSR count). The number of rotatable bonds is 10. The lowest BCUT2D eigenvalue weighted by molar-refractivity contribution is -0.150. The summed E-state index contributed by atoms with van der Waals surface area (Å²) in [4.78, 5) is 28.9. The van der Waals surface area contributed by atoms with Crippen LogP contribution in [0, 0.1) is 0 Å². The van der Waals surface area contributed by atoms with Gasteiger partial charge in [-0.1, -0.05) is 78.9 Å². The van der Waals surface area contributed by atoms with Gasteiger partial charge in [0.2, 0.25) is 11.8 Å². The van der Waals surface area contributed by atoms with Crippen LogP contribution in [0.15, 0.2) is 91.0 Å². The quantitative estimate of drug-likeness (QED) is 0.285. The molecule has 6 nitrogen and oxygen atoms in total. The minimum absolute atomic E-state index is 0.0419. The molecule has 0 aliphatic carbocycles. The van der Waals surface area contributed by atoms with E-state index in [4.69, 9.17) is 10.5 Å². The number of nitrogens with two attached hydrogens (primary N) is 1. The average Bonchev–Trinajstić information content (AvgIpc) is 2.97. The van der Waals surface area contributed by atoms with Crippen LogP contribution < -0.4 is 15.8 Å². The normalized spacial score (nSPS) is 17.3. The fourth-order valence-electron chi connectivity index (χ4n) is 5.30. The van der Waals surface area contributed by atoms with Crippen molar-refractivity contribution in [2.75, 3.05) is 13.7 Å². The van der Waals surface area contributed by atoms with Crippen LogP contribution in [0.2, 0.25) is 0 Å². The zero-order valence-corrected chi connectivity index (χ0v) is 22.3. The van der Waals surface area contributed by atoms with E-state index in [2.05, 4.69) is 41.7 Å². The standard InChI is InChI=1S/C33H35N3O3/c1-39-29-17-15-27(16-18-29)26-12-9-23(10-13-26)22-36-31(8-4-5-19-34)32(37)35-30(33(36)38)21-24-11-14-25-6-2-3-7-28(25)20-24/h2-3,6-7,9-18,20,30-31H,4-5,8,19,21-22,34H2,1H3,(H,35,37). The Balaban J connectivity index is 1.35. The zero-order chi connectivity index (χ0) is 27.2. The molecule has 1 heterocycles. The molecule has 0 spiro atoms. The highest BCUT2D eigenvalue weighted by Gasteiger charge is 2.40. The van der Waals surface area contributed by atoms with Gasteiger partial charge in [-0.25, -0.2) is 0 Å². The lowest BCUT2D eigenvalue weighted by Gasteiger charge is -2.39. The van der Waals surface area contributed by atoms with E-state index in [-0.39, 0.29) is 11.8 Å². The first-order valence-corrected chi connectivity index (χ1v) is 13.6. The summed E-state index contributed by atoms with van der Waals surface area (Å²) in [7, 11) is 1.65. The van der Waals surface area contributed by atoms with E-state index in [0.29, 0.717) is 25.9 Å². The smallest absolute Gasteiger partial charge is 0.246 e. The van der Waals surface area contributed by atoms with Gasteiger partial charge in [-0.05, 0) is 71.0 Å². The molecule has 2 amide bonds. The molecule has 200 valence electrons. The minimum Gasteiger partial charge on any atom is -0.497 e. The van der Waals surface area contributed by atoms with Gasteiger partial charge in [-0.15, -0.1) is 0 Å². The number of fused-ring (bicyclic) bond motifs is 1. The molecule has 1 aliphatic rings. The topological polar surface area (TPSA) is 84.7 Å². The number of amides is 2. The van der Waals surface area contributed by atoms with Crippen LogP contribution in [-0.2, 0) is 22.6 Å². The van der Waals surface area contributed by atoms with Gasteiger partial charge < -0.3 is 20.7 Å². The van der Waals surface area contributed by atoms with Gasteiger partial charge in [0.25, 0.3) is 0 Å². The maximum absolute atomic E-state index is 13.8. The van der Waals surface area contributed by atoms with Crippen molar-refractivity contribution in [2.45, 2.75) is 44.3 Å². The highest BCUT2D eigenvalue weighted by Crippen LogP contribution is 2.26. The molecule has 2 atom stereocenters. The van der Waals surface area contributed by atoms with Crippen LogP contribution in [0.25, 0.3) is 21.9 Å². The molecule has 0 radical (unpaired) electrons. The molecule has 0 aromatic heterocycles. The van der Waals surface area contributed by atoms with Gasteiger partial charge in [0.15, 0.2) is 0 Å². The first kappa shape index (κ1) is 26.4. The van der Waals surface area contributed by atoms with E-state index in [0.717, 1.165) is 51.6 Å². The molecule has 3 N–H and O–H groups in total. The van der Waals surface area contributed by atoms with E-state index < -0.39 is 12.1 Å². The molecule has 39 heavy (non-hydrogen) atoms. The average molecular weight is 522 g/mol. The number of nitrogens with zero attached hydrogens (tertiary/aromatic N) is 1. The molecule has 6 heteroatoms. The van der Waals surface area contributed by atoms with E-state index >= 15 is 0 Å². The second-order valence-electron chi connectivity index (χ2n) is 10.1. The van der Waals surface area contributed by atoms with Gasteiger partial charge >= 0.3 is 0 Å². The van der Waals surface area contributed by atoms with E-state index in [1.54, 1.807) is 12.0 Å². The largest absolute Gasteiger partial charge is 0.497 e. The van der Waals surface area contributed by atoms with Crippen molar-refractivity contribution in [1.82, 2.24) is 10.2 Å². The number of carbonyl (C=O) groups is 2. The Bertz CT molecular complexity index is 1430. The second-order valence-corrected chi connectivity index (χ2v) is 10.1. The maximum Gasteiger partial charge on any atom is 0.246 e.